The molecule has 1 heterocycles. The van der Waals surface area contributed by atoms with E-state index in [1.54, 1.807) is 24.1 Å². The van der Waals surface area contributed by atoms with Gasteiger partial charge in [0.1, 0.15) is 5.75 Å². The van der Waals surface area contributed by atoms with Gasteiger partial charge in [-0.25, -0.2) is 0 Å². The standard InChI is InChI=1S/C23H26F3N3O5/c1-32-19-8-3-16(13-20(19)33-2)14-22(31)29-11-9-28(10-12-29)15-21(30)27-17-4-6-18(7-5-17)34-23(24,25)26/h3-8,13H,9-12,14-15H2,1-2H3,(H,27,30). The summed E-state index contributed by atoms with van der Waals surface area (Å²) in [5, 5.41) is 2.65. The predicted molar refractivity (Wildman–Crippen MR) is 118 cm³/mol. The molecule has 1 aliphatic heterocycles. The van der Waals surface area contributed by atoms with Crippen molar-refractivity contribution in [3.05, 3.63) is 48.0 Å². The highest BCUT2D eigenvalue weighted by molar-refractivity contribution is 5.92. The van der Waals surface area contributed by atoms with Gasteiger partial charge in [-0.15, -0.1) is 13.2 Å². The van der Waals surface area contributed by atoms with E-state index in [0.29, 0.717) is 43.4 Å². The largest absolute Gasteiger partial charge is 0.573 e. The minimum Gasteiger partial charge on any atom is -0.493 e. The fourth-order valence-corrected chi connectivity index (χ4v) is 3.58. The number of carbonyl (C=O) groups excluding carboxylic acids is 2. The molecule has 0 saturated carbocycles. The molecule has 0 aliphatic carbocycles. The van der Waals surface area contributed by atoms with Crippen molar-refractivity contribution in [1.29, 1.82) is 0 Å². The Labute approximate surface area is 195 Å². The van der Waals surface area contributed by atoms with E-state index in [0.717, 1.165) is 17.7 Å². The van der Waals surface area contributed by atoms with E-state index in [-0.39, 0.29) is 30.5 Å². The first-order valence-corrected chi connectivity index (χ1v) is 10.5. The smallest absolute Gasteiger partial charge is 0.493 e. The van der Waals surface area contributed by atoms with Crippen molar-refractivity contribution in [2.45, 2.75) is 12.8 Å². The summed E-state index contributed by atoms with van der Waals surface area (Å²) in [4.78, 5) is 28.6. The number of nitrogens with zero attached hydrogens (tertiary/aromatic N) is 2. The molecule has 1 N–H and O–H groups in total. The van der Waals surface area contributed by atoms with Crippen LogP contribution in [0.3, 0.4) is 0 Å². The van der Waals surface area contributed by atoms with Gasteiger partial charge >= 0.3 is 6.36 Å². The quantitative estimate of drug-likeness (QED) is 0.625. The average Bonchev–Trinajstić information content (AvgIpc) is 2.79. The Hall–Kier alpha value is -3.47. The zero-order valence-corrected chi connectivity index (χ0v) is 18.9. The number of methoxy groups -OCH3 is 2. The number of halogens is 3. The summed E-state index contributed by atoms with van der Waals surface area (Å²) in [6.07, 6.45) is -4.54. The number of rotatable bonds is 8. The molecule has 3 rings (SSSR count). The number of nitrogens with one attached hydrogen (secondary N) is 1. The second-order valence-corrected chi connectivity index (χ2v) is 7.64. The Balaban J connectivity index is 1.44. The van der Waals surface area contributed by atoms with Crippen LogP contribution in [0.5, 0.6) is 17.2 Å². The highest BCUT2D eigenvalue weighted by atomic mass is 19.4. The Morgan fingerprint density at radius 2 is 1.59 bits per heavy atom. The Kier molecular flexibility index (Phi) is 8.21. The summed E-state index contributed by atoms with van der Waals surface area (Å²) in [7, 11) is 3.09. The lowest BCUT2D eigenvalue weighted by Gasteiger charge is -2.34. The van der Waals surface area contributed by atoms with Crippen LogP contribution in [0.1, 0.15) is 5.56 Å². The van der Waals surface area contributed by atoms with E-state index >= 15 is 0 Å². The van der Waals surface area contributed by atoms with Crippen molar-refractivity contribution in [1.82, 2.24) is 9.80 Å². The van der Waals surface area contributed by atoms with Crippen molar-refractivity contribution in [2.24, 2.45) is 0 Å². The molecular formula is C23H26F3N3O5. The monoisotopic (exact) mass is 481 g/mol. The van der Waals surface area contributed by atoms with Crippen molar-refractivity contribution in [3.8, 4) is 17.2 Å². The van der Waals surface area contributed by atoms with E-state index in [1.165, 1.54) is 19.2 Å². The molecule has 34 heavy (non-hydrogen) atoms. The van der Waals surface area contributed by atoms with E-state index in [9.17, 15) is 22.8 Å². The summed E-state index contributed by atoms with van der Waals surface area (Å²) in [6.45, 7) is 2.15. The maximum atomic E-state index is 12.7. The van der Waals surface area contributed by atoms with E-state index in [4.69, 9.17) is 9.47 Å². The van der Waals surface area contributed by atoms with Gasteiger partial charge < -0.3 is 24.4 Å². The van der Waals surface area contributed by atoms with Crippen molar-refractivity contribution in [2.75, 3.05) is 52.3 Å². The molecule has 1 fully saturated rings. The minimum atomic E-state index is -4.77. The van der Waals surface area contributed by atoms with Crippen LogP contribution in [0.15, 0.2) is 42.5 Å². The fraction of sp³-hybridized carbons (Fsp3) is 0.391. The number of ether oxygens (including phenoxy) is 3. The van der Waals surface area contributed by atoms with Gasteiger partial charge in [0.25, 0.3) is 0 Å². The van der Waals surface area contributed by atoms with E-state index in [2.05, 4.69) is 10.1 Å². The number of amides is 2. The zero-order valence-electron chi connectivity index (χ0n) is 18.9. The molecule has 0 radical (unpaired) electrons. The van der Waals surface area contributed by atoms with Crippen LogP contribution in [-0.2, 0) is 16.0 Å². The molecule has 0 atom stereocenters. The van der Waals surface area contributed by atoms with E-state index < -0.39 is 6.36 Å². The number of anilines is 1. The molecule has 0 unspecified atom stereocenters. The van der Waals surface area contributed by atoms with Gasteiger partial charge in [-0.3, -0.25) is 14.5 Å². The first-order chi connectivity index (χ1) is 16.2. The van der Waals surface area contributed by atoms with Gasteiger partial charge in [-0.1, -0.05) is 6.07 Å². The lowest BCUT2D eigenvalue weighted by molar-refractivity contribution is -0.274. The topological polar surface area (TPSA) is 80.3 Å². The number of hydrogen-bond acceptors (Lipinski definition) is 6. The molecule has 2 amide bonds. The Morgan fingerprint density at radius 1 is 0.941 bits per heavy atom. The molecule has 2 aromatic carbocycles. The SMILES string of the molecule is COc1ccc(CC(=O)N2CCN(CC(=O)Nc3ccc(OC(F)(F)F)cc3)CC2)cc1OC. The fourth-order valence-electron chi connectivity index (χ4n) is 3.58. The van der Waals surface area contributed by atoms with Gasteiger partial charge in [0.05, 0.1) is 27.2 Å². The van der Waals surface area contributed by atoms with E-state index in [1.807, 2.05) is 11.0 Å². The third-order valence-electron chi connectivity index (χ3n) is 5.27. The summed E-state index contributed by atoms with van der Waals surface area (Å²) in [6, 6.07) is 10.3. The second-order valence-electron chi connectivity index (χ2n) is 7.64. The minimum absolute atomic E-state index is 0.0162. The van der Waals surface area contributed by atoms with Crippen molar-refractivity contribution < 1.29 is 37.0 Å². The normalized spacial score (nSPS) is 14.4. The van der Waals surface area contributed by atoms with Crippen LogP contribution in [0, 0.1) is 0 Å². The maximum absolute atomic E-state index is 12.7. The number of alkyl halides is 3. The molecule has 11 heteroatoms. The first-order valence-electron chi connectivity index (χ1n) is 10.5. The Bertz CT molecular complexity index is 990. The van der Waals surface area contributed by atoms with Gasteiger partial charge in [-0.2, -0.15) is 0 Å². The van der Waals surface area contributed by atoms with Crippen molar-refractivity contribution >= 4 is 17.5 Å². The second kappa shape index (κ2) is 11.1. The molecule has 2 aromatic rings. The third kappa shape index (κ3) is 7.27. The van der Waals surface area contributed by atoms with Gasteiger partial charge in [0.2, 0.25) is 11.8 Å². The molecule has 0 aromatic heterocycles. The summed E-state index contributed by atoms with van der Waals surface area (Å²) >= 11 is 0. The molecule has 1 saturated heterocycles. The third-order valence-corrected chi connectivity index (χ3v) is 5.27. The van der Waals surface area contributed by atoms with Crippen molar-refractivity contribution in [3.63, 3.8) is 0 Å². The highest BCUT2D eigenvalue weighted by Gasteiger charge is 2.31. The molecule has 1 aliphatic rings. The molecule has 8 nitrogen and oxygen atoms in total. The number of benzene rings is 2. The highest BCUT2D eigenvalue weighted by Crippen LogP contribution is 2.28. The van der Waals surface area contributed by atoms with Gasteiger partial charge in [0.15, 0.2) is 11.5 Å². The number of hydrogen-bond donors (Lipinski definition) is 1. The van der Waals surface area contributed by atoms with Crippen LogP contribution in [0.25, 0.3) is 0 Å². The van der Waals surface area contributed by atoms with Crippen LogP contribution in [0.2, 0.25) is 0 Å². The maximum Gasteiger partial charge on any atom is 0.573 e. The van der Waals surface area contributed by atoms with Gasteiger partial charge in [-0.05, 0) is 42.0 Å². The van der Waals surface area contributed by atoms with Crippen LogP contribution >= 0.6 is 0 Å². The predicted octanol–water partition coefficient (Wildman–Crippen LogP) is 2.93. The lowest BCUT2D eigenvalue weighted by Crippen LogP contribution is -2.50. The summed E-state index contributed by atoms with van der Waals surface area (Å²) < 4.78 is 51.0. The van der Waals surface area contributed by atoms with Crippen LogP contribution < -0.4 is 19.5 Å². The first kappa shape index (κ1) is 25.2. The van der Waals surface area contributed by atoms with Crippen LogP contribution in [0.4, 0.5) is 18.9 Å². The summed E-state index contributed by atoms with van der Waals surface area (Å²) in [5.41, 5.74) is 1.18. The van der Waals surface area contributed by atoms with Crippen LogP contribution in [-0.4, -0.2) is 74.9 Å². The molecule has 184 valence electrons. The average molecular weight is 481 g/mol. The molecule has 0 spiro atoms. The lowest BCUT2D eigenvalue weighted by atomic mass is 10.1. The number of piperazine rings is 1. The Morgan fingerprint density at radius 3 is 2.18 bits per heavy atom. The summed E-state index contributed by atoms with van der Waals surface area (Å²) in [5.74, 6) is 0.480. The number of carbonyl (C=O) groups is 2. The zero-order chi connectivity index (χ0) is 24.7. The molecular weight excluding hydrogens is 455 g/mol. The van der Waals surface area contributed by atoms with Gasteiger partial charge in [0, 0.05) is 31.9 Å². The molecule has 0 bridgehead atoms.